The number of imide groups is 1. The first kappa shape index (κ1) is 19.1. The minimum atomic E-state index is -0.440. The Morgan fingerprint density at radius 1 is 1.08 bits per heavy atom. The lowest BCUT2D eigenvalue weighted by Gasteiger charge is -2.26. The second-order valence-electron chi connectivity index (χ2n) is 5.94. The van der Waals surface area contributed by atoms with Crippen molar-refractivity contribution in [1.82, 2.24) is 10.6 Å². The number of rotatable bonds is 7. The van der Waals surface area contributed by atoms with Crippen LogP contribution in [0.15, 0.2) is 12.1 Å². The van der Waals surface area contributed by atoms with Crippen molar-refractivity contribution in [2.45, 2.75) is 33.7 Å². The highest BCUT2D eigenvalue weighted by Gasteiger charge is 2.24. The molecule has 7 heteroatoms. The summed E-state index contributed by atoms with van der Waals surface area (Å²) in [5.41, 5.74) is 2.40. The van der Waals surface area contributed by atoms with Gasteiger partial charge in [-0.3, -0.25) is 10.1 Å². The first-order valence-electron chi connectivity index (χ1n) is 8.89. The molecule has 7 nitrogen and oxygen atoms in total. The van der Waals surface area contributed by atoms with E-state index in [1.54, 1.807) is 0 Å². The van der Waals surface area contributed by atoms with Gasteiger partial charge in [0.05, 0.1) is 19.8 Å². The molecule has 1 aliphatic heterocycles. The Kier molecular flexibility index (Phi) is 7.06. The largest absolute Gasteiger partial charge is 0.490 e. The molecular formula is C18H28N3O4+. The van der Waals surface area contributed by atoms with Gasteiger partial charge in [-0.15, -0.1) is 0 Å². The second kappa shape index (κ2) is 9.27. The van der Waals surface area contributed by atoms with Gasteiger partial charge in [0.25, 0.3) is 5.91 Å². The van der Waals surface area contributed by atoms with E-state index in [2.05, 4.69) is 16.7 Å². The van der Waals surface area contributed by atoms with E-state index in [1.165, 1.54) is 11.1 Å². The number of ether oxygens (including phenoxy) is 2. The number of nitrogens with one attached hydrogen (secondary N) is 3. The highest BCUT2D eigenvalue weighted by molar-refractivity contribution is 5.94. The van der Waals surface area contributed by atoms with Crippen LogP contribution in [0.3, 0.4) is 0 Å². The molecule has 0 aromatic heterocycles. The van der Waals surface area contributed by atoms with Gasteiger partial charge in [-0.2, -0.15) is 0 Å². The number of amides is 3. The van der Waals surface area contributed by atoms with Crippen molar-refractivity contribution in [1.29, 1.82) is 0 Å². The van der Waals surface area contributed by atoms with E-state index in [0.29, 0.717) is 19.8 Å². The Balaban J connectivity index is 2.03. The van der Waals surface area contributed by atoms with Crippen molar-refractivity contribution in [2.24, 2.45) is 0 Å². The van der Waals surface area contributed by atoms with Gasteiger partial charge in [-0.25, -0.2) is 4.79 Å². The Hall–Kier alpha value is -2.28. The van der Waals surface area contributed by atoms with E-state index in [-0.39, 0.29) is 12.5 Å². The first-order chi connectivity index (χ1) is 12.1. The third-order valence-corrected chi connectivity index (χ3v) is 4.05. The maximum Gasteiger partial charge on any atom is 0.321 e. The van der Waals surface area contributed by atoms with Crippen LogP contribution in [0, 0.1) is 0 Å². The van der Waals surface area contributed by atoms with Crippen molar-refractivity contribution in [3.63, 3.8) is 0 Å². The number of urea groups is 1. The topological polar surface area (TPSA) is 81.1 Å². The van der Waals surface area contributed by atoms with Gasteiger partial charge in [0.1, 0.15) is 6.54 Å². The van der Waals surface area contributed by atoms with Crippen LogP contribution >= 0.6 is 0 Å². The highest BCUT2D eigenvalue weighted by Crippen LogP contribution is 2.32. The summed E-state index contributed by atoms with van der Waals surface area (Å²) in [4.78, 5) is 24.5. The van der Waals surface area contributed by atoms with Crippen LogP contribution < -0.4 is 25.0 Å². The normalized spacial score (nSPS) is 15.9. The molecular weight excluding hydrogens is 322 g/mol. The first-order valence-corrected chi connectivity index (χ1v) is 8.89. The molecule has 1 aliphatic rings. The summed E-state index contributed by atoms with van der Waals surface area (Å²) in [5, 5.41) is 4.91. The number of hydrogen-bond acceptors (Lipinski definition) is 4. The van der Waals surface area contributed by atoms with Crippen LogP contribution in [0.1, 0.15) is 31.9 Å². The fourth-order valence-electron chi connectivity index (χ4n) is 3.00. The molecule has 0 saturated carbocycles. The van der Waals surface area contributed by atoms with Crippen LogP contribution in [0.2, 0.25) is 0 Å². The highest BCUT2D eigenvalue weighted by atomic mass is 16.5. The zero-order valence-electron chi connectivity index (χ0n) is 15.2. The van der Waals surface area contributed by atoms with Crippen molar-refractivity contribution < 1.29 is 24.0 Å². The summed E-state index contributed by atoms with van der Waals surface area (Å²) in [6.07, 6.45) is 0.867. The van der Waals surface area contributed by atoms with Crippen molar-refractivity contribution in [3.05, 3.63) is 23.3 Å². The smallest absolute Gasteiger partial charge is 0.321 e. The molecule has 3 N–H and O–H groups in total. The van der Waals surface area contributed by atoms with Gasteiger partial charge in [-0.05, 0) is 38.5 Å². The molecule has 0 aliphatic carbocycles. The maximum atomic E-state index is 12.0. The van der Waals surface area contributed by atoms with Crippen molar-refractivity contribution in [3.8, 4) is 11.5 Å². The van der Waals surface area contributed by atoms with E-state index in [9.17, 15) is 9.59 Å². The predicted octanol–water partition coefficient (Wildman–Crippen LogP) is 0.271. The third kappa shape index (κ3) is 5.35. The van der Waals surface area contributed by atoms with Crippen LogP contribution in [0.5, 0.6) is 11.5 Å². The van der Waals surface area contributed by atoms with Crippen LogP contribution in [-0.2, 0) is 17.8 Å². The quantitative estimate of drug-likeness (QED) is 0.659. The summed E-state index contributed by atoms with van der Waals surface area (Å²) >= 11 is 0. The van der Waals surface area contributed by atoms with Crippen LogP contribution in [0.4, 0.5) is 4.79 Å². The summed E-state index contributed by atoms with van der Waals surface area (Å²) < 4.78 is 11.4. The molecule has 1 aromatic rings. The number of quaternary nitrogens is 1. The lowest BCUT2D eigenvalue weighted by molar-refractivity contribution is -0.908. The Labute approximate surface area is 148 Å². The van der Waals surface area contributed by atoms with Gasteiger partial charge in [-0.1, -0.05) is 0 Å². The predicted molar refractivity (Wildman–Crippen MR) is 94.1 cm³/mol. The van der Waals surface area contributed by atoms with Gasteiger partial charge in [0.2, 0.25) is 0 Å². The lowest BCUT2D eigenvalue weighted by atomic mass is 9.99. The maximum absolute atomic E-state index is 12.0. The molecule has 1 aromatic carbocycles. The SMILES string of the molecule is CCNC(=O)NC(=O)C[NH+]1CCc2cc(OCC)c(OCC)cc2C1. The molecule has 0 radical (unpaired) electrons. The van der Waals surface area contributed by atoms with Crippen LogP contribution in [-0.4, -0.2) is 44.8 Å². The van der Waals surface area contributed by atoms with E-state index < -0.39 is 6.03 Å². The summed E-state index contributed by atoms with van der Waals surface area (Å²) in [7, 11) is 0. The lowest BCUT2D eigenvalue weighted by Crippen LogP contribution is -3.13. The summed E-state index contributed by atoms with van der Waals surface area (Å²) in [6, 6.07) is 3.63. The van der Waals surface area contributed by atoms with E-state index >= 15 is 0 Å². The van der Waals surface area contributed by atoms with Gasteiger partial charge in [0.15, 0.2) is 18.0 Å². The second-order valence-corrected chi connectivity index (χ2v) is 5.94. The summed E-state index contributed by atoms with van der Waals surface area (Å²) in [5.74, 6) is 1.26. The fraction of sp³-hybridized carbons (Fsp3) is 0.556. The zero-order chi connectivity index (χ0) is 18.2. The van der Waals surface area contributed by atoms with E-state index in [0.717, 1.165) is 35.9 Å². The monoisotopic (exact) mass is 350 g/mol. The van der Waals surface area contributed by atoms with E-state index in [4.69, 9.17) is 9.47 Å². The number of benzene rings is 1. The average Bonchev–Trinajstić information content (AvgIpc) is 2.56. The molecule has 2 rings (SSSR count). The standard InChI is InChI=1S/C18H27N3O4/c1-4-19-18(23)20-17(22)12-21-8-7-13-9-15(24-5-2)16(25-6-3)10-14(13)11-21/h9-10H,4-8,11-12H2,1-3H3,(H2,19,20,22,23)/p+1. The molecule has 0 fully saturated rings. The molecule has 1 heterocycles. The molecule has 3 amide bonds. The zero-order valence-corrected chi connectivity index (χ0v) is 15.2. The molecule has 138 valence electrons. The Bertz CT molecular complexity index is 619. The molecule has 0 saturated heterocycles. The molecule has 1 atom stereocenters. The van der Waals surface area contributed by atoms with Gasteiger partial charge >= 0.3 is 6.03 Å². The number of fused-ring (bicyclic) bond motifs is 1. The summed E-state index contributed by atoms with van der Waals surface area (Å²) in [6.45, 7) is 9.20. The fourth-order valence-corrected chi connectivity index (χ4v) is 3.00. The molecule has 25 heavy (non-hydrogen) atoms. The van der Waals surface area contributed by atoms with Gasteiger partial charge in [0, 0.05) is 18.5 Å². The minimum Gasteiger partial charge on any atom is -0.490 e. The van der Waals surface area contributed by atoms with Gasteiger partial charge < -0.3 is 19.7 Å². The Morgan fingerprint density at radius 2 is 1.72 bits per heavy atom. The number of carbonyl (C=O) groups is 2. The van der Waals surface area contributed by atoms with Crippen molar-refractivity contribution in [2.75, 3.05) is 32.8 Å². The Morgan fingerprint density at radius 3 is 2.32 bits per heavy atom. The molecule has 0 spiro atoms. The van der Waals surface area contributed by atoms with E-state index in [1.807, 2.05) is 26.8 Å². The average molecular weight is 350 g/mol. The third-order valence-electron chi connectivity index (χ3n) is 4.05. The molecule has 1 unspecified atom stereocenters. The number of carbonyl (C=O) groups excluding carboxylic acids is 2. The molecule has 0 bridgehead atoms. The minimum absolute atomic E-state index is 0.264. The van der Waals surface area contributed by atoms with Crippen molar-refractivity contribution >= 4 is 11.9 Å². The number of hydrogen-bond donors (Lipinski definition) is 3. The van der Waals surface area contributed by atoms with Crippen LogP contribution in [0.25, 0.3) is 0 Å².